The first kappa shape index (κ1) is 19.2. The van der Waals surface area contributed by atoms with E-state index in [0.29, 0.717) is 48.4 Å². The maximum absolute atomic E-state index is 11.7. The van der Waals surface area contributed by atoms with Crippen LogP contribution < -0.4 is 16.4 Å². The van der Waals surface area contributed by atoms with Crippen molar-refractivity contribution in [1.29, 1.82) is 0 Å². The summed E-state index contributed by atoms with van der Waals surface area (Å²) in [6, 6.07) is 1.34. The van der Waals surface area contributed by atoms with Crippen molar-refractivity contribution in [3.05, 3.63) is 17.5 Å². The van der Waals surface area contributed by atoms with Crippen LogP contribution in [-0.2, 0) is 26.0 Å². The van der Waals surface area contributed by atoms with E-state index in [2.05, 4.69) is 20.1 Å². The number of hydrogen-bond donors (Lipinski definition) is 4. The second kappa shape index (κ2) is 7.98. The summed E-state index contributed by atoms with van der Waals surface area (Å²) in [6.45, 7) is 2.44. The average Bonchev–Trinajstić information content (AvgIpc) is 3.11. The van der Waals surface area contributed by atoms with Crippen molar-refractivity contribution in [3.63, 3.8) is 0 Å². The molecule has 5 N–H and O–H groups in total. The zero-order valence-electron chi connectivity index (χ0n) is 14.1. The molecule has 0 spiro atoms. The SMILES string of the molecule is N[C@@H](CC[C@@H]1CCC(=O)N1OS(=O)(=O)O)c1cc(CNC2CNC2)on1. The van der Waals surface area contributed by atoms with Crippen molar-refractivity contribution in [1.82, 2.24) is 20.9 Å². The summed E-state index contributed by atoms with van der Waals surface area (Å²) in [4.78, 5) is 11.7. The molecule has 0 saturated carbocycles. The lowest BCUT2D eigenvalue weighted by Crippen LogP contribution is -2.54. The zero-order chi connectivity index (χ0) is 18.7. The van der Waals surface area contributed by atoms with Gasteiger partial charge < -0.3 is 20.9 Å². The fourth-order valence-corrected chi connectivity index (χ4v) is 3.38. The summed E-state index contributed by atoms with van der Waals surface area (Å²) in [7, 11) is -4.74. The van der Waals surface area contributed by atoms with Crippen molar-refractivity contribution >= 4 is 16.3 Å². The summed E-state index contributed by atoms with van der Waals surface area (Å²) in [6.07, 6.45) is 1.46. The molecule has 0 unspecified atom stereocenters. The van der Waals surface area contributed by atoms with E-state index < -0.39 is 28.4 Å². The highest BCUT2D eigenvalue weighted by Crippen LogP contribution is 2.26. The second-order valence-electron chi connectivity index (χ2n) is 6.55. The van der Waals surface area contributed by atoms with Crippen molar-refractivity contribution in [2.24, 2.45) is 5.73 Å². The zero-order valence-corrected chi connectivity index (χ0v) is 14.9. The van der Waals surface area contributed by atoms with Crippen molar-refractivity contribution in [2.75, 3.05) is 13.1 Å². The normalized spacial score (nSPS) is 22.6. The summed E-state index contributed by atoms with van der Waals surface area (Å²) in [5, 5.41) is 11.2. The van der Waals surface area contributed by atoms with Crippen LogP contribution in [0, 0.1) is 0 Å². The molecule has 0 aliphatic carbocycles. The third-order valence-corrected chi connectivity index (χ3v) is 4.91. The highest BCUT2D eigenvalue weighted by Gasteiger charge is 2.35. The largest absolute Gasteiger partial charge is 0.418 e. The fourth-order valence-electron chi connectivity index (χ4n) is 2.97. The third kappa shape index (κ3) is 4.99. The molecule has 3 rings (SSSR count). The van der Waals surface area contributed by atoms with Crippen molar-refractivity contribution in [2.45, 2.75) is 50.4 Å². The van der Waals surface area contributed by atoms with E-state index in [1.54, 1.807) is 6.07 Å². The summed E-state index contributed by atoms with van der Waals surface area (Å²) in [5.74, 6) is 0.205. The molecule has 0 bridgehead atoms. The highest BCUT2D eigenvalue weighted by atomic mass is 32.3. The predicted molar refractivity (Wildman–Crippen MR) is 88.7 cm³/mol. The van der Waals surface area contributed by atoms with Crippen molar-refractivity contribution in [3.8, 4) is 0 Å². The first-order chi connectivity index (χ1) is 12.3. The molecule has 3 heterocycles. The van der Waals surface area contributed by atoms with Crippen LogP contribution in [0.1, 0.15) is 43.2 Å². The standard InChI is InChI=1S/C14H23N5O6S/c15-12(13-5-11(24-18-13)8-17-9-6-16-7-9)3-1-10-2-4-14(20)19(10)25-26(21,22)23/h5,9-10,12,16-17H,1-4,6-8,15H2,(H,21,22,23)/t10-,12+/m1/s1. The Kier molecular flexibility index (Phi) is 5.89. The molecule has 26 heavy (non-hydrogen) atoms. The van der Waals surface area contributed by atoms with E-state index in [1.807, 2.05) is 0 Å². The number of rotatable bonds is 9. The number of hydrogen-bond acceptors (Lipinski definition) is 9. The van der Waals surface area contributed by atoms with Gasteiger partial charge in [-0.2, -0.15) is 13.5 Å². The molecule has 0 aromatic carbocycles. The Hall–Kier alpha value is -1.57. The lowest BCUT2D eigenvalue weighted by atomic mass is 10.0. The Morgan fingerprint density at radius 1 is 1.54 bits per heavy atom. The molecule has 1 aromatic rings. The van der Waals surface area contributed by atoms with Gasteiger partial charge in [0.15, 0.2) is 5.76 Å². The van der Waals surface area contributed by atoms with Crippen LogP contribution in [0.2, 0.25) is 0 Å². The number of carbonyl (C=O) groups is 1. The predicted octanol–water partition coefficient (Wildman–Crippen LogP) is -0.759. The van der Waals surface area contributed by atoms with E-state index in [-0.39, 0.29) is 6.42 Å². The van der Waals surface area contributed by atoms with E-state index in [1.165, 1.54) is 0 Å². The summed E-state index contributed by atoms with van der Waals surface area (Å²) < 4.78 is 40.1. The van der Waals surface area contributed by atoms with Crippen LogP contribution in [0.5, 0.6) is 0 Å². The maximum Gasteiger partial charge on any atom is 0.418 e. The average molecular weight is 389 g/mol. The Morgan fingerprint density at radius 2 is 2.31 bits per heavy atom. The quantitative estimate of drug-likeness (QED) is 0.395. The molecule has 1 aromatic heterocycles. The van der Waals surface area contributed by atoms with Gasteiger partial charge in [0.1, 0.15) is 5.69 Å². The molecule has 1 amide bonds. The van der Waals surface area contributed by atoms with Gasteiger partial charge in [-0.1, -0.05) is 5.16 Å². The van der Waals surface area contributed by atoms with E-state index in [4.69, 9.17) is 14.8 Å². The number of aromatic nitrogens is 1. The molecule has 12 heteroatoms. The molecule has 146 valence electrons. The molecule has 11 nitrogen and oxygen atoms in total. The maximum atomic E-state index is 11.7. The first-order valence-corrected chi connectivity index (χ1v) is 9.82. The van der Waals surface area contributed by atoms with Gasteiger partial charge in [-0.3, -0.25) is 9.35 Å². The number of hydroxylamine groups is 2. The molecule has 0 radical (unpaired) electrons. The van der Waals surface area contributed by atoms with Gasteiger partial charge in [-0.25, -0.2) is 0 Å². The highest BCUT2D eigenvalue weighted by molar-refractivity contribution is 7.80. The molecule has 2 aliphatic rings. The van der Waals surface area contributed by atoms with E-state index in [0.717, 1.165) is 13.1 Å². The Labute approximate surface area is 151 Å². The topological polar surface area (TPSA) is 160 Å². The summed E-state index contributed by atoms with van der Waals surface area (Å²) in [5.41, 5.74) is 6.72. The van der Waals surface area contributed by atoms with Gasteiger partial charge in [0.2, 0.25) is 5.91 Å². The minimum Gasteiger partial charge on any atom is -0.360 e. The smallest absolute Gasteiger partial charge is 0.360 e. The minimum absolute atomic E-state index is 0.158. The molecule has 2 aliphatic heterocycles. The monoisotopic (exact) mass is 389 g/mol. The van der Waals surface area contributed by atoms with Crippen molar-refractivity contribution < 1.29 is 26.6 Å². The molecular formula is C14H23N5O6S. The molecule has 2 saturated heterocycles. The minimum atomic E-state index is -4.74. The number of amides is 1. The fraction of sp³-hybridized carbons (Fsp3) is 0.714. The van der Waals surface area contributed by atoms with Gasteiger partial charge in [0, 0.05) is 31.6 Å². The van der Waals surface area contributed by atoms with Crippen LogP contribution in [0.4, 0.5) is 0 Å². The van der Waals surface area contributed by atoms with Gasteiger partial charge in [-0.05, 0) is 19.3 Å². The van der Waals surface area contributed by atoms with Crippen LogP contribution in [0.25, 0.3) is 0 Å². The Bertz CT molecular complexity index is 734. The van der Waals surface area contributed by atoms with Gasteiger partial charge in [-0.15, -0.1) is 4.28 Å². The third-order valence-electron chi connectivity index (χ3n) is 4.56. The van der Waals surface area contributed by atoms with Crippen LogP contribution in [-0.4, -0.2) is 54.3 Å². The number of carbonyl (C=O) groups excluding carboxylic acids is 1. The van der Waals surface area contributed by atoms with Gasteiger partial charge >= 0.3 is 10.4 Å². The molecule has 2 atom stereocenters. The van der Waals surface area contributed by atoms with E-state index in [9.17, 15) is 13.2 Å². The van der Waals surface area contributed by atoms with Crippen LogP contribution >= 0.6 is 0 Å². The lowest BCUT2D eigenvalue weighted by Gasteiger charge is -2.27. The van der Waals surface area contributed by atoms with Gasteiger partial charge in [0.25, 0.3) is 0 Å². The molecule has 2 fully saturated rings. The number of nitrogens with zero attached hydrogens (tertiary/aromatic N) is 2. The van der Waals surface area contributed by atoms with Crippen LogP contribution in [0.15, 0.2) is 10.6 Å². The Morgan fingerprint density at radius 3 is 2.96 bits per heavy atom. The summed E-state index contributed by atoms with van der Waals surface area (Å²) >= 11 is 0. The lowest BCUT2D eigenvalue weighted by molar-refractivity contribution is -0.157. The molecular weight excluding hydrogens is 366 g/mol. The Balaban J connectivity index is 1.49. The first-order valence-electron chi connectivity index (χ1n) is 8.46. The van der Waals surface area contributed by atoms with Crippen LogP contribution in [0.3, 0.4) is 0 Å². The second-order valence-corrected chi connectivity index (χ2v) is 7.56. The number of nitrogens with one attached hydrogen (secondary N) is 2. The number of nitrogens with two attached hydrogens (primary N) is 1. The van der Waals surface area contributed by atoms with E-state index >= 15 is 0 Å². The van der Waals surface area contributed by atoms with Gasteiger partial charge in [0.05, 0.1) is 18.6 Å².